The fourth-order valence-corrected chi connectivity index (χ4v) is 6.57. The Kier molecular flexibility index (Phi) is 7.10. The number of para-hydroxylation sites is 1. The molecule has 0 saturated carbocycles. The fraction of sp³-hybridized carbons (Fsp3) is 0. The highest BCUT2D eigenvalue weighted by atomic mass is 16.3. The minimum Gasteiger partial charge on any atom is -0.456 e. The second-order valence-electron chi connectivity index (χ2n) is 12.0. The summed E-state index contributed by atoms with van der Waals surface area (Å²) in [5, 5.41) is 2.09. The lowest BCUT2D eigenvalue weighted by Gasteiger charge is -2.16. The van der Waals surface area contributed by atoms with Gasteiger partial charge in [-0.3, -0.25) is 0 Å². The molecule has 0 fully saturated rings. The Morgan fingerprint density at radius 3 is 1.55 bits per heavy atom. The van der Waals surface area contributed by atoms with Crippen LogP contribution in [0.25, 0.3) is 89.5 Å². The predicted molar refractivity (Wildman–Crippen MR) is 200 cm³/mol. The third-order valence-corrected chi connectivity index (χ3v) is 8.97. The van der Waals surface area contributed by atoms with E-state index in [-0.39, 0.29) is 0 Å². The van der Waals surface area contributed by atoms with Crippen molar-refractivity contribution in [1.29, 1.82) is 0 Å². The number of benzene rings is 7. The Morgan fingerprint density at radius 2 is 0.816 bits per heavy atom. The normalized spacial score (nSPS) is 11.3. The van der Waals surface area contributed by atoms with Gasteiger partial charge in [0.05, 0.1) is 0 Å². The van der Waals surface area contributed by atoms with Gasteiger partial charge < -0.3 is 4.42 Å². The van der Waals surface area contributed by atoms with Crippen molar-refractivity contribution >= 4 is 21.9 Å². The Balaban J connectivity index is 1.27. The predicted octanol–water partition coefficient (Wildman–Crippen LogP) is 11.8. The van der Waals surface area contributed by atoms with Gasteiger partial charge in [-0.15, -0.1) is 0 Å². The zero-order valence-electron chi connectivity index (χ0n) is 26.5. The van der Waals surface area contributed by atoms with Gasteiger partial charge in [0.15, 0.2) is 17.5 Å². The van der Waals surface area contributed by atoms with E-state index >= 15 is 0 Å². The van der Waals surface area contributed by atoms with Crippen LogP contribution in [-0.4, -0.2) is 15.0 Å². The van der Waals surface area contributed by atoms with E-state index < -0.39 is 0 Å². The first-order valence-corrected chi connectivity index (χ1v) is 16.4. The smallest absolute Gasteiger partial charge is 0.164 e. The summed E-state index contributed by atoms with van der Waals surface area (Å²) in [5.41, 5.74) is 11.2. The summed E-state index contributed by atoms with van der Waals surface area (Å²) in [4.78, 5) is 15.5. The molecule has 0 unspecified atom stereocenters. The van der Waals surface area contributed by atoms with E-state index in [9.17, 15) is 0 Å². The van der Waals surface area contributed by atoms with Gasteiger partial charge in [0.1, 0.15) is 11.2 Å². The van der Waals surface area contributed by atoms with Crippen LogP contribution in [0.2, 0.25) is 0 Å². The van der Waals surface area contributed by atoms with Crippen LogP contribution < -0.4 is 0 Å². The molecule has 4 nitrogen and oxygen atoms in total. The standard InChI is InChI=1S/C45H29N3O/c1-4-13-30(14-5-1)31-23-25-34(26-24-31)43-46-44(35-27-28-41-39(29-35)37-19-10-11-22-40(37)49-41)48-45(47-43)38-21-12-20-36(32-15-6-2-7-16-32)42(38)33-17-8-3-9-18-33/h1-29H. The Bertz CT molecular complexity index is 2580. The van der Waals surface area contributed by atoms with E-state index in [2.05, 4.69) is 127 Å². The molecule has 7 aromatic carbocycles. The molecule has 230 valence electrons. The molecule has 49 heavy (non-hydrogen) atoms. The van der Waals surface area contributed by atoms with Gasteiger partial charge in [-0.1, -0.05) is 152 Å². The maximum absolute atomic E-state index is 6.14. The molecule has 9 aromatic rings. The summed E-state index contributed by atoms with van der Waals surface area (Å²) in [7, 11) is 0. The van der Waals surface area contributed by atoms with Crippen LogP contribution in [0.4, 0.5) is 0 Å². The van der Waals surface area contributed by atoms with Gasteiger partial charge in [0.25, 0.3) is 0 Å². The largest absolute Gasteiger partial charge is 0.456 e. The molecule has 0 bridgehead atoms. The summed E-state index contributed by atoms with van der Waals surface area (Å²) in [5.74, 6) is 1.82. The highest BCUT2D eigenvalue weighted by Gasteiger charge is 2.19. The quantitative estimate of drug-likeness (QED) is 0.184. The van der Waals surface area contributed by atoms with E-state index in [4.69, 9.17) is 19.4 Å². The average molecular weight is 628 g/mol. The molecule has 0 aliphatic carbocycles. The summed E-state index contributed by atoms with van der Waals surface area (Å²) in [6.45, 7) is 0. The molecule has 0 saturated heterocycles. The van der Waals surface area contributed by atoms with Crippen molar-refractivity contribution in [2.75, 3.05) is 0 Å². The second-order valence-corrected chi connectivity index (χ2v) is 12.0. The SMILES string of the molecule is c1ccc(-c2ccc(-c3nc(-c4ccc5oc6ccccc6c5c4)nc(-c4cccc(-c5ccccc5)c4-c4ccccc4)n3)cc2)cc1. The number of nitrogens with zero attached hydrogens (tertiary/aromatic N) is 3. The van der Waals surface area contributed by atoms with E-state index in [0.29, 0.717) is 17.5 Å². The molecular formula is C45H29N3O. The lowest BCUT2D eigenvalue weighted by molar-refractivity contribution is 0.669. The van der Waals surface area contributed by atoms with Crippen molar-refractivity contribution in [1.82, 2.24) is 15.0 Å². The van der Waals surface area contributed by atoms with Crippen molar-refractivity contribution in [2.24, 2.45) is 0 Å². The van der Waals surface area contributed by atoms with E-state index in [1.54, 1.807) is 0 Å². The molecular weight excluding hydrogens is 599 g/mol. The average Bonchev–Trinajstić information content (AvgIpc) is 3.56. The Hall–Kier alpha value is -6.65. The monoisotopic (exact) mass is 627 g/mol. The van der Waals surface area contributed by atoms with Gasteiger partial charge >= 0.3 is 0 Å². The van der Waals surface area contributed by atoms with Crippen LogP contribution >= 0.6 is 0 Å². The van der Waals surface area contributed by atoms with Crippen LogP contribution in [0, 0.1) is 0 Å². The Labute approximate surface area is 284 Å². The third-order valence-electron chi connectivity index (χ3n) is 8.97. The molecule has 0 radical (unpaired) electrons. The van der Waals surface area contributed by atoms with Crippen LogP contribution in [0.15, 0.2) is 180 Å². The molecule has 4 heteroatoms. The first-order valence-electron chi connectivity index (χ1n) is 16.4. The molecule has 2 aromatic heterocycles. The van der Waals surface area contributed by atoms with Gasteiger partial charge in [-0.2, -0.15) is 0 Å². The fourth-order valence-electron chi connectivity index (χ4n) is 6.57. The van der Waals surface area contributed by atoms with E-state index in [1.165, 1.54) is 0 Å². The maximum atomic E-state index is 6.14. The Morgan fingerprint density at radius 1 is 0.306 bits per heavy atom. The van der Waals surface area contributed by atoms with Crippen LogP contribution in [0.5, 0.6) is 0 Å². The topological polar surface area (TPSA) is 51.8 Å². The molecule has 0 N–H and O–H groups in total. The highest BCUT2D eigenvalue weighted by molar-refractivity contribution is 6.06. The van der Waals surface area contributed by atoms with E-state index in [1.807, 2.05) is 48.5 Å². The molecule has 0 spiro atoms. The van der Waals surface area contributed by atoms with Crippen LogP contribution in [0.1, 0.15) is 0 Å². The third kappa shape index (κ3) is 5.35. The summed E-state index contributed by atoms with van der Waals surface area (Å²) < 4.78 is 6.14. The van der Waals surface area contributed by atoms with Crippen molar-refractivity contribution in [2.45, 2.75) is 0 Å². The first kappa shape index (κ1) is 28.6. The minimum absolute atomic E-state index is 0.600. The number of rotatable bonds is 6. The van der Waals surface area contributed by atoms with E-state index in [0.717, 1.165) is 72.0 Å². The minimum atomic E-state index is 0.600. The molecule has 0 atom stereocenters. The van der Waals surface area contributed by atoms with Crippen LogP contribution in [0.3, 0.4) is 0 Å². The summed E-state index contributed by atoms with van der Waals surface area (Å²) >= 11 is 0. The van der Waals surface area contributed by atoms with Gasteiger partial charge in [0, 0.05) is 33.0 Å². The second kappa shape index (κ2) is 12.2. The zero-order chi connectivity index (χ0) is 32.6. The zero-order valence-corrected chi connectivity index (χ0v) is 26.5. The molecule has 2 heterocycles. The van der Waals surface area contributed by atoms with Crippen molar-refractivity contribution < 1.29 is 4.42 Å². The molecule has 9 rings (SSSR count). The molecule has 0 aliphatic rings. The molecule has 0 aliphatic heterocycles. The lowest BCUT2D eigenvalue weighted by Crippen LogP contribution is -2.02. The number of fused-ring (bicyclic) bond motifs is 3. The van der Waals surface area contributed by atoms with Gasteiger partial charge in [-0.25, -0.2) is 15.0 Å². The number of aromatic nitrogens is 3. The van der Waals surface area contributed by atoms with Gasteiger partial charge in [0.2, 0.25) is 0 Å². The highest BCUT2D eigenvalue weighted by Crippen LogP contribution is 2.40. The maximum Gasteiger partial charge on any atom is 0.164 e. The number of furan rings is 1. The van der Waals surface area contributed by atoms with Crippen LogP contribution in [-0.2, 0) is 0 Å². The molecule has 0 amide bonds. The van der Waals surface area contributed by atoms with Crippen molar-refractivity contribution in [3.63, 3.8) is 0 Å². The first-order chi connectivity index (χ1) is 24.3. The van der Waals surface area contributed by atoms with Crippen molar-refractivity contribution in [3.8, 4) is 67.5 Å². The number of hydrogen-bond acceptors (Lipinski definition) is 4. The summed E-state index contributed by atoms with van der Waals surface area (Å²) in [6, 6.07) is 60.5. The lowest BCUT2D eigenvalue weighted by atomic mass is 9.90. The summed E-state index contributed by atoms with van der Waals surface area (Å²) in [6.07, 6.45) is 0. The van der Waals surface area contributed by atoms with Gasteiger partial charge in [-0.05, 0) is 52.1 Å². The number of hydrogen-bond donors (Lipinski definition) is 0. The van der Waals surface area contributed by atoms with Crippen molar-refractivity contribution in [3.05, 3.63) is 176 Å².